The summed E-state index contributed by atoms with van der Waals surface area (Å²) in [4.78, 5) is 0. The Hall–Kier alpha value is 0.640. The summed E-state index contributed by atoms with van der Waals surface area (Å²) in [5.74, 6) is -0.240. The van der Waals surface area contributed by atoms with E-state index in [-0.39, 0.29) is 96.7 Å². The first-order chi connectivity index (χ1) is 10.2. The van der Waals surface area contributed by atoms with Crippen molar-refractivity contribution in [3.05, 3.63) is 24.3 Å². The van der Waals surface area contributed by atoms with E-state index in [2.05, 4.69) is 12.1 Å². The molecule has 126 valence electrons. The van der Waals surface area contributed by atoms with E-state index < -0.39 is 31.7 Å². The third kappa shape index (κ3) is 14.9. The first-order valence-corrected chi connectivity index (χ1v) is 9.47. The van der Waals surface area contributed by atoms with Gasteiger partial charge in [-0.15, -0.1) is 11.5 Å². The van der Waals surface area contributed by atoms with Crippen LogP contribution in [-0.2, 0) is 20.2 Å². The van der Waals surface area contributed by atoms with Crippen molar-refractivity contribution >= 4 is 20.2 Å². The predicted octanol–water partition coefficient (Wildman–Crippen LogP) is -5.39. The first-order valence-electron chi connectivity index (χ1n) is 6.25. The van der Waals surface area contributed by atoms with Crippen LogP contribution in [0.5, 0.6) is 11.5 Å². The Morgan fingerprint density at radius 2 is 1.21 bits per heavy atom. The molecule has 0 fully saturated rings. The van der Waals surface area contributed by atoms with E-state index in [1.165, 1.54) is 12.1 Å². The van der Waals surface area contributed by atoms with Crippen molar-refractivity contribution in [1.82, 2.24) is 0 Å². The van der Waals surface area contributed by atoms with Gasteiger partial charge in [0.05, 0.1) is 24.7 Å². The van der Waals surface area contributed by atoms with Crippen molar-refractivity contribution in [2.24, 2.45) is 0 Å². The van der Waals surface area contributed by atoms with Crippen molar-refractivity contribution in [2.75, 3.05) is 24.7 Å². The summed E-state index contributed by atoms with van der Waals surface area (Å²) in [6, 6.07) is 8.41. The molecule has 1 aromatic rings. The maximum absolute atomic E-state index is 10.5. The molecule has 0 aliphatic rings. The van der Waals surface area contributed by atoms with Crippen LogP contribution in [0.15, 0.2) is 12.1 Å². The molecular weight excluding hydrogens is 382 g/mol. The second-order valence-electron chi connectivity index (χ2n) is 4.28. The summed E-state index contributed by atoms with van der Waals surface area (Å²) in [7, 11) is -8.01. The van der Waals surface area contributed by atoms with Crippen molar-refractivity contribution in [1.29, 1.82) is 0 Å². The smallest absolute Gasteiger partial charge is 0.576 e. The zero-order valence-corrected chi connectivity index (χ0v) is 19.2. The SMILES string of the molecule is O=S(=O)(O)CCCOc1[c-]c(OCCCS(=O)(=O)O)c[c-]c1.[Na+].[Na+]. The van der Waals surface area contributed by atoms with Gasteiger partial charge in [-0.2, -0.15) is 16.8 Å². The van der Waals surface area contributed by atoms with Crippen LogP contribution in [0.1, 0.15) is 12.8 Å². The van der Waals surface area contributed by atoms with Crippen molar-refractivity contribution in [3.63, 3.8) is 0 Å². The third-order valence-corrected chi connectivity index (χ3v) is 3.89. The molecule has 1 rings (SSSR count). The normalized spacial score (nSPS) is 11.1. The molecule has 0 unspecified atom stereocenters. The molecule has 0 spiro atoms. The zero-order chi connectivity index (χ0) is 16.6. The van der Waals surface area contributed by atoms with E-state index in [9.17, 15) is 16.8 Å². The number of benzene rings is 1. The summed E-state index contributed by atoms with van der Waals surface area (Å²) < 4.78 is 69.6. The van der Waals surface area contributed by atoms with E-state index in [4.69, 9.17) is 18.6 Å². The van der Waals surface area contributed by atoms with Crippen LogP contribution in [0, 0.1) is 12.1 Å². The molecule has 0 saturated carbocycles. The molecule has 0 aromatic heterocycles. The zero-order valence-electron chi connectivity index (χ0n) is 13.6. The van der Waals surface area contributed by atoms with Gasteiger partial charge in [-0.3, -0.25) is 9.11 Å². The van der Waals surface area contributed by atoms with Gasteiger partial charge >= 0.3 is 59.1 Å². The fraction of sp³-hybridized carbons (Fsp3) is 0.500. The molecule has 0 heterocycles. The molecule has 12 heteroatoms. The average molecular weight is 398 g/mol. The molecule has 0 saturated heterocycles. The first kappa shape index (κ1) is 26.9. The summed E-state index contributed by atoms with van der Waals surface area (Å²) in [6.45, 7) is 0.132. The van der Waals surface area contributed by atoms with Crippen LogP contribution in [0.3, 0.4) is 0 Å². The second kappa shape index (κ2) is 12.9. The van der Waals surface area contributed by atoms with Crippen molar-refractivity contribution < 1.29 is 94.5 Å². The van der Waals surface area contributed by atoms with E-state index in [0.717, 1.165) is 0 Å². The average Bonchev–Trinajstić information content (AvgIpc) is 2.38. The summed E-state index contributed by atoms with van der Waals surface area (Å²) in [6.07, 6.45) is 0.234. The Morgan fingerprint density at radius 3 is 1.54 bits per heavy atom. The van der Waals surface area contributed by atoms with E-state index >= 15 is 0 Å². The summed E-state index contributed by atoms with van der Waals surface area (Å²) >= 11 is 0. The molecule has 0 radical (unpaired) electrons. The topological polar surface area (TPSA) is 127 Å². The van der Waals surface area contributed by atoms with Gasteiger partial charge in [-0.05, 0) is 12.8 Å². The van der Waals surface area contributed by atoms with Crippen molar-refractivity contribution in [3.8, 4) is 11.5 Å². The minimum atomic E-state index is -4.01. The molecule has 2 N–H and O–H groups in total. The maximum Gasteiger partial charge on any atom is 1.00 e. The van der Waals surface area contributed by atoms with E-state index in [1.807, 2.05) is 0 Å². The van der Waals surface area contributed by atoms with E-state index in [0.29, 0.717) is 0 Å². The van der Waals surface area contributed by atoms with Gasteiger partial charge in [0.25, 0.3) is 20.2 Å². The Bertz CT molecular complexity index is 621. The molecule has 0 atom stereocenters. The number of ether oxygens (including phenoxy) is 2. The van der Waals surface area contributed by atoms with Crippen LogP contribution in [0.2, 0.25) is 0 Å². The Kier molecular flexibility index (Phi) is 14.4. The van der Waals surface area contributed by atoms with Gasteiger partial charge in [0.15, 0.2) is 0 Å². The van der Waals surface area contributed by atoms with Gasteiger partial charge in [0.1, 0.15) is 0 Å². The quantitative estimate of drug-likeness (QED) is 0.173. The molecule has 24 heavy (non-hydrogen) atoms. The van der Waals surface area contributed by atoms with Gasteiger partial charge in [0.2, 0.25) is 0 Å². The van der Waals surface area contributed by atoms with Crippen LogP contribution in [0.25, 0.3) is 0 Å². The van der Waals surface area contributed by atoms with Crippen molar-refractivity contribution in [2.45, 2.75) is 12.8 Å². The number of hydrogen-bond acceptors (Lipinski definition) is 6. The second-order valence-corrected chi connectivity index (χ2v) is 7.43. The maximum atomic E-state index is 10.5. The van der Waals surface area contributed by atoms with Crippen LogP contribution in [-0.4, -0.2) is 50.7 Å². The van der Waals surface area contributed by atoms with E-state index in [1.54, 1.807) is 0 Å². The van der Waals surface area contributed by atoms with Crippen LogP contribution >= 0.6 is 0 Å². The Labute approximate surface area is 186 Å². The molecule has 0 aliphatic carbocycles. The molecule has 8 nitrogen and oxygen atoms in total. The number of hydrogen-bond donors (Lipinski definition) is 2. The molecule has 1 aromatic carbocycles. The van der Waals surface area contributed by atoms with Gasteiger partial charge < -0.3 is 15.5 Å². The molecule has 0 bridgehead atoms. The minimum Gasteiger partial charge on any atom is -0.576 e. The summed E-state index contributed by atoms with van der Waals surface area (Å²) in [5.41, 5.74) is 0. The minimum absolute atomic E-state index is 0. The Morgan fingerprint density at radius 1 is 0.833 bits per heavy atom. The molecular formula is C12H16Na2O8S2. The fourth-order valence-electron chi connectivity index (χ4n) is 1.39. The molecule has 0 amide bonds. The monoisotopic (exact) mass is 398 g/mol. The third-order valence-electron chi connectivity index (χ3n) is 2.28. The van der Waals surface area contributed by atoms with Gasteiger partial charge in [-0.1, -0.05) is 0 Å². The molecule has 0 aliphatic heterocycles. The summed E-state index contributed by atoms with van der Waals surface area (Å²) in [5, 5.41) is 0. The Balaban J connectivity index is 0. The number of rotatable bonds is 10. The largest absolute Gasteiger partial charge is 1.00 e. The van der Waals surface area contributed by atoms with Gasteiger partial charge in [0, 0.05) is 0 Å². The van der Waals surface area contributed by atoms with Gasteiger partial charge in [-0.25, -0.2) is 18.2 Å². The fourth-order valence-corrected chi connectivity index (χ4v) is 2.35. The van der Waals surface area contributed by atoms with Crippen LogP contribution < -0.4 is 68.6 Å². The standard InChI is InChI=1S/C12H16O8S2.2Na/c13-21(14,15)8-2-6-19-11-4-1-5-12(10-11)20-7-3-9-22(16,17)18;;/h4-5H,2-3,6-9H2,(H,13,14,15)(H,16,17,18);;/q-2;2*+1. The van der Waals surface area contributed by atoms with Crippen LogP contribution in [0.4, 0.5) is 0 Å². The predicted molar refractivity (Wildman–Crippen MR) is 77.2 cm³/mol.